The number of aliphatic carboxylic acids is 1. The Morgan fingerprint density at radius 1 is 1.62 bits per heavy atom. The molecule has 0 radical (unpaired) electrons. The number of pyridine rings is 1. The minimum absolute atomic E-state index is 0.0956. The summed E-state index contributed by atoms with van der Waals surface area (Å²) in [6.45, 7) is 0.0956. The number of nitrogens with zero attached hydrogens (tertiary/aromatic N) is 1. The second kappa shape index (κ2) is 5.48. The maximum Gasteiger partial charge on any atom is 0.309 e. The smallest absolute Gasteiger partial charge is 0.309 e. The summed E-state index contributed by atoms with van der Waals surface area (Å²) in [4.78, 5) is 14.3. The monoisotopic (exact) mass is 342 g/mol. The highest BCUT2D eigenvalue weighted by molar-refractivity contribution is 14.1. The van der Waals surface area contributed by atoms with Gasteiger partial charge in [-0.15, -0.1) is 0 Å². The lowest BCUT2D eigenvalue weighted by atomic mass is 10.1. The number of carboxylic acids is 1. The third-order valence-corrected chi connectivity index (χ3v) is 2.87. The van der Waals surface area contributed by atoms with Crippen LogP contribution in [-0.2, 0) is 17.8 Å². The molecule has 4 nitrogen and oxygen atoms in total. The van der Waals surface area contributed by atoms with Crippen LogP contribution in [0, 0.1) is 3.70 Å². The van der Waals surface area contributed by atoms with Gasteiger partial charge in [0.2, 0.25) is 0 Å². The Morgan fingerprint density at radius 3 is 2.69 bits per heavy atom. The summed E-state index contributed by atoms with van der Waals surface area (Å²) in [5.41, 5.74) is 5.39. The van der Waals surface area contributed by atoms with Crippen LogP contribution in [0.5, 0.6) is 0 Å². The molecule has 0 aliphatic carbocycles. The van der Waals surface area contributed by atoms with Gasteiger partial charge in [-0.05, 0) is 34.2 Å². The Hall–Kier alpha value is -0.830. The molecule has 0 spiro atoms. The average Bonchev–Trinajstić information content (AvgIpc) is 2.16. The van der Waals surface area contributed by atoms with Crippen LogP contribution in [0.4, 0.5) is 8.78 Å². The normalized spacial score (nSPS) is 10.8. The van der Waals surface area contributed by atoms with E-state index in [1.54, 1.807) is 0 Å². The summed E-state index contributed by atoms with van der Waals surface area (Å²) in [5, 5.41) is 8.58. The van der Waals surface area contributed by atoms with Crippen LogP contribution < -0.4 is 5.73 Å². The van der Waals surface area contributed by atoms with E-state index in [0.717, 1.165) is 0 Å². The molecule has 0 bridgehead atoms. The maximum atomic E-state index is 12.6. The Balaban J connectivity index is 3.24. The molecule has 3 N–H and O–H groups in total. The number of nitrogens with two attached hydrogens (primary N) is 1. The van der Waals surface area contributed by atoms with Crippen LogP contribution >= 0.6 is 22.6 Å². The number of hydrogen-bond donors (Lipinski definition) is 2. The second-order valence-electron chi connectivity index (χ2n) is 3.05. The van der Waals surface area contributed by atoms with Crippen molar-refractivity contribution in [2.75, 3.05) is 0 Å². The zero-order valence-electron chi connectivity index (χ0n) is 8.08. The van der Waals surface area contributed by atoms with Gasteiger partial charge >= 0.3 is 5.97 Å². The molecule has 1 aromatic rings. The summed E-state index contributed by atoms with van der Waals surface area (Å²) >= 11 is 1.84. The first-order valence-electron chi connectivity index (χ1n) is 4.34. The molecule has 0 saturated carbocycles. The van der Waals surface area contributed by atoms with Gasteiger partial charge in [0, 0.05) is 12.1 Å². The van der Waals surface area contributed by atoms with Crippen molar-refractivity contribution >= 4 is 28.6 Å². The SMILES string of the molecule is NCc1cc(C(F)F)c(CC(=O)O)nc1I. The third kappa shape index (κ3) is 3.08. The first-order chi connectivity index (χ1) is 7.45. The van der Waals surface area contributed by atoms with Gasteiger partial charge in [-0.3, -0.25) is 4.79 Å². The van der Waals surface area contributed by atoms with Crippen LogP contribution in [0.25, 0.3) is 0 Å². The molecule has 1 heterocycles. The van der Waals surface area contributed by atoms with E-state index in [2.05, 4.69) is 4.98 Å². The molecule has 88 valence electrons. The zero-order valence-corrected chi connectivity index (χ0v) is 10.2. The predicted molar refractivity (Wildman–Crippen MR) is 61.1 cm³/mol. The highest BCUT2D eigenvalue weighted by Crippen LogP contribution is 2.25. The molecule has 0 saturated heterocycles. The highest BCUT2D eigenvalue weighted by atomic mass is 127. The Labute approximate surface area is 104 Å². The van der Waals surface area contributed by atoms with Crippen molar-refractivity contribution in [2.45, 2.75) is 19.4 Å². The van der Waals surface area contributed by atoms with Crippen molar-refractivity contribution in [2.24, 2.45) is 5.73 Å². The fourth-order valence-corrected chi connectivity index (χ4v) is 1.87. The van der Waals surface area contributed by atoms with E-state index in [1.165, 1.54) is 6.07 Å². The zero-order chi connectivity index (χ0) is 12.3. The van der Waals surface area contributed by atoms with Gasteiger partial charge in [0.25, 0.3) is 6.43 Å². The summed E-state index contributed by atoms with van der Waals surface area (Å²) < 4.78 is 25.8. The molecule has 0 aliphatic rings. The van der Waals surface area contributed by atoms with E-state index in [1.807, 2.05) is 22.6 Å². The van der Waals surface area contributed by atoms with Crippen LogP contribution in [0.2, 0.25) is 0 Å². The van der Waals surface area contributed by atoms with E-state index in [4.69, 9.17) is 10.8 Å². The van der Waals surface area contributed by atoms with Gasteiger partial charge in [0.1, 0.15) is 3.70 Å². The Morgan fingerprint density at radius 2 is 2.25 bits per heavy atom. The van der Waals surface area contributed by atoms with E-state index >= 15 is 0 Å². The minimum Gasteiger partial charge on any atom is -0.481 e. The van der Waals surface area contributed by atoms with E-state index in [-0.39, 0.29) is 17.8 Å². The predicted octanol–water partition coefficient (Wildman–Crippen LogP) is 1.71. The molecule has 7 heteroatoms. The highest BCUT2D eigenvalue weighted by Gasteiger charge is 2.18. The van der Waals surface area contributed by atoms with Crippen LogP contribution in [-0.4, -0.2) is 16.1 Å². The number of hydrogen-bond acceptors (Lipinski definition) is 3. The van der Waals surface area contributed by atoms with E-state index < -0.39 is 18.8 Å². The minimum atomic E-state index is -2.75. The number of carboxylic acid groups (broad SMARTS) is 1. The van der Waals surface area contributed by atoms with Crippen molar-refractivity contribution in [3.8, 4) is 0 Å². The Bertz CT molecular complexity index is 413. The molecule has 0 unspecified atom stereocenters. The number of carbonyl (C=O) groups is 1. The summed E-state index contributed by atoms with van der Waals surface area (Å²) in [7, 11) is 0. The average molecular weight is 342 g/mol. The fourth-order valence-electron chi connectivity index (χ4n) is 1.20. The molecule has 0 amide bonds. The topological polar surface area (TPSA) is 76.2 Å². The summed E-state index contributed by atoms with van der Waals surface area (Å²) in [6, 6.07) is 1.22. The van der Waals surface area contributed by atoms with E-state index in [9.17, 15) is 13.6 Å². The lowest BCUT2D eigenvalue weighted by Gasteiger charge is -2.10. The van der Waals surface area contributed by atoms with Gasteiger partial charge in [0.15, 0.2) is 0 Å². The van der Waals surface area contributed by atoms with Crippen molar-refractivity contribution in [3.63, 3.8) is 0 Å². The van der Waals surface area contributed by atoms with Gasteiger partial charge in [0.05, 0.1) is 12.1 Å². The summed E-state index contributed by atoms with van der Waals surface area (Å²) in [5.74, 6) is -1.19. The van der Waals surface area contributed by atoms with Gasteiger partial charge in [-0.2, -0.15) is 0 Å². The molecule has 1 aromatic heterocycles. The number of halogens is 3. The number of alkyl halides is 2. The lowest BCUT2D eigenvalue weighted by molar-refractivity contribution is -0.136. The maximum absolute atomic E-state index is 12.6. The first-order valence-corrected chi connectivity index (χ1v) is 5.41. The second-order valence-corrected chi connectivity index (χ2v) is 4.07. The molecular weight excluding hydrogens is 333 g/mol. The number of rotatable bonds is 4. The van der Waals surface area contributed by atoms with Crippen molar-refractivity contribution in [3.05, 3.63) is 26.6 Å². The van der Waals surface area contributed by atoms with Gasteiger partial charge in [-0.1, -0.05) is 0 Å². The Kier molecular flexibility index (Phi) is 4.54. The third-order valence-electron chi connectivity index (χ3n) is 1.93. The standard InChI is InChI=1S/C9H9F2IN2O2/c10-8(11)5-1-4(3-13)9(12)14-6(5)2-7(15)16/h1,8H,2-3,13H2,(H,15,16). The van der Waals surface area contributed by atoms with Crippen molar-refractivity contribution in [1.82, 2.24) is 4.98 Å². The van der Waals surface area contributed by atoms with Crippen LogP contribution in [0.15, 0.2) is 6.07 Å². The molecule has 16 heavy (non-hydrogen) atoms. The molecular formula is C9H9F2IN2O2. The quantitative estimate of drug-likeness (QED) is 0.645. The number of aromatic nitrogens is 1. The van der Waals surface area contributed by atoms with E-state index in [0.29, 0.717) is 9.26 Å². The first kappa shape index (κ1) is 13.2. The van der Waals surface area contributed by atoms with Crippen LogP contribution in [0.1, 0.15) is 23.2 Å². The molecule has 0 fully saturated rings. The largest absolute Gasteiger partial charge is 0.481 e. The van der Waals surface area contributed by atoms with Gasteiger partial charge in [-0.25, -0.2) is 13.8 Å². The molecule has 0 aliphatic heterocycles. The molecule has 0 atom stereocenters. The van der Waals surface area contributed by atoms with Crippen molar-refractivity contribution < 1.29 is 18.7 Å². The van der Waals surface area contributed by atoms with Gasteiger partial charge < -0.3 is 10.8 Å². The molecule has 0 aromatic carbocycles. The molecule has 1 rings (SSSR count). The van der Waals surface area contributed by atoms with Crippen LogP contribution in [0.3, 0.4) is 0 Å². The summed E-state index contributed by atoms with van der Waals surface area (Å²) in [6.07, 6.45) is -3.26. The van der Waals surface area contributed by atoms with Crippen molar-refractivity contribution in [1.29, 1.82) is 0 Å². The lowest BCUT2D eigenvalue weighted by Crippen LogP contribution is -2.11. The fraction of sp³-hybridized carbons (Fsp3) is 0.333.